The van der Waals surface area contributed by atoms with Crippen molar-refractivity contribution in [1.29, 1.82) is 0 Å². The van der Waals surface area contributed by atoms with E-state index in [1.807, 2.05) is 0 Å². The molecule has 0 radical (unpaired) electrons. The minimum Gasteiger partial charge on any atom is -0.361 e. The molecule has 0 aromatic heterocycles. The Balaban J connectivity index is 0.00000144. The Kier molecular flexibility index (Phi) is 5.71. The van der Waals surface area contributed by atoms with Crippen molar-refractivity contribution >= 4 is 12.4 Å². The molecule has 4 heteroatoms. The number of hydrogen-bond donors (Lipinski definition) is 1. The zero-order valence-electron chi connectivity index (χ0n) is 11.4. The molecular weight excluding hydrogens is 236 g/mol. The van der Waals surface area contributed by atoms with Crippen molar-refractivity contribution in [3.05, 3.63) is 0 Å². The molecule has 0 saturated carbocycles. The van der Waals surface area contributed by atoms with Gasteiger partial charge in [-0.1, -0.05) is 13.8 Å². The zero-order chi connectivity index (χ0) is 11.6. The molecule has 2 aliphatic rings. The molecule has 1 N–H and O–H groups in total. The fraction of sp³-hybridized carbons (Fsp3) is 1.00. The molecular formula is C13H27ClN2O. The van der Waals surface area contributed by atoms with Crippen LogP contribution in [0.5, 0.6) is 0 Å². The SMILES string of the molecule is CCN1CCC(CC2(C)NCC(C)CO2)C1.Cl. The predicted molar refractivity (Wildman–Crippen MR) is 73.6 cm³/mol. The summed E-state index contributed by atoms with van der Waals surface area (Å²) in [7, 11) is 0. The first-order chi connectivity index (χ1) is 7.61. The molecule has 2 heterocycles. The number of ether oxygens (including phenoxy) is 1. The second-order valence-electron chi connectivity index (χ2n) is 5.78. The van der Waals surface area contributed by atoms with E-state index in [0.717, 1.165) is 25.5 Å². The summed E-state index contributed by atoms with van der Waals surface area (Å²) in [6.07, 6.45) is 2.50. The van der Waals surface area contributed by atoms with Gasteiger partial charge in [-0.2, -0.15) is 0 Å². The van der Waals surface area contributed by atoms with Gasteiger partial charge in [0.2, 0.25) is 0 Å². The molecule has 102 valence electrons. The van der Waals surface area contributed by atoms with Gasteiger partial charge >= 0.3 is 0 Å². The first kappa shape index (κ1) is 15.2. The molecule has 0 aromatic carbocycles. The van der Waals surface area contributed by atoms with Gasteiger partial charge in [0.05, 0.1) is 6.61 Å². The van der Waals surface area contributed by atoms with Crippen LogP contribution in [-0.2, 0) is 4.74 Å². The highest BCUT2D eigenvalue weighted by Crippen LogP contribution is 2.28. The van der Waals surface area contributed by atoms with E-state index < -0.39 is 0 Å². The van der Waals surface area contributed by atoms with Gasteiger partial charge in [0.25, 0.3) is 0 Å². The van der Waals surface area contributed by atoms with Crippen LogP contribution in [0.3, 0.4) is 0 Å². The van der Waals surface area contributed by atoms with E-state index in [-0.39, 0.29) is 18.1 Å². The third-order valence-corrected chi connectivity index (χ3v) is 4.01. The fourth-order valence-electron chi connectivity index (χ4n) is 2.87. The monoisotopic (exact) mass is 262 g/mol. The maximum atomic E-state index is 5.98. The van der Waals surface area contributed by atoms with Crippen LogP contribution in [0.15, 0.2) is 0 Å². The molecule has 3 atom stereocenters. The van der Waals surface area contributed by atoms with E-state index >= 15 is 0 Å². The van der Waals surface area contributed by atoms with E-state index in [0.29, 0.717) is 5.92 Å². The summed E-state index contributed by atoms with van der Waals surface area (Å²) in [6, 6.07) is 0. The van der Waals surface area contributed by atoms with Crippen molar-refractivity contribution in [3.8, 4) is 0 Å². The Bertz CT molecular complexity index is 229. The average Bonchev–Trinajstić information content (AvgIpc) is 2.70. The van der Waals surface area contributed by atoms with E-state index in [1.165, 1.54) is 26.1 Å². The van der Waals surface area contributed by atoms with Gasteiger partial charge in [-0.05, 0) is 44.7 Å². The van der Waals surface area contributed by atoms with Crippen molar-refractivity contribution < 1.29 is 4.74 Å². The van der Waals surface area contributed by atoms with Crippen molar-refractivity contribution in [2.75, 3.05) is 32.8 Å². The smallest absolute Gasteiger partial charge is 0.116 e. The summed E-state index contributed by atoms with van der Waals surface area (Å²) in [4.78, 5) is 2.54. The number of nitrogens with zero attached hydrogens (tertiary/aromatic N) is 1. The summed E-state index contributed by atoms with van der Waals surface area (Å²) in [5.41, 5.74) is -0.0685. The molecule has 0 aliphatic carbocycles. The first-order valence-corrected chi connectivity index (χ1v) is 6.72. The number of rotatable bonds is 3. The predicted octanol–water partition coefficient (Wildman–Crippen LogP) is 2.11. The molecule has 2 saturated heterocycles. The van der Waals surface area contributed by atoms with Crippen LogP contribution in [0.1, 0.15) is 33.6 Å². The third-order valence-electron chi connectivity index (χ3n) is 4.01. The standard InChI is InChI=1S/C13H26N2O.ClH/c1-4-15-6-5-12(9-15)7-13(3)14-8-11(2)10-16-13;/h11-12,14H,4-10H2,1-3H3;1H. The molecule has 0 bridgehead atoms. The van der Waals surface area contributed by atoms with Gasteiger partial charge in [-0.3, -0.25) is 5.32 Å². The largest absolute Gasteiger partial charge is 0.361 e. The summed E-state index contributed by atoms with van der Waals surface area (Å²) in [5, 5.41) is 3.56. The second-order valence-corrected chi connectivity index (χ2v) is 5.78. The number of nitrogens with one attached hydrogen (secondary N) is 1. The van der Waals surface area contributed by atoms with Crippen molar-refractivity contribution in [3.63, 3.8) is 0 Å². The van der Waals surface area contributed by atoms with Crippen molar-refractivity contribution in [2.24, 2.45) is 11.8 Å². The molecule has 17 heavy (non-hydrogen) atoms. The van der Waals surface area contributed by atoms with Crippen LogP contribution >= 0.6 is 12.4 Å². The van der Waals surface area contributed by atoms with E-state index in [4.69, 9.17) is 4.74 Å². The topological polar surface area (TPSA) is 24.5 Å². The molecule has 2 fully saturated rings. The normalized spacial score (nSPS) is 39.0. The molecule has 2 aliphatic heterocycles. The van der Waals surface area contributed by atoms with Crippen LogP contribution in [0.4, 0.5) is 0 Å². The second kappa shape index (κ2) is 6.37. The van der Waals surface area contributed by atoms with Gasteiger partial charge in [0.15, 0.2) is 0 Å². The van der Waals surface area contributed by atoms with Crippen LogP contribution in [0, 0.1) is 11.8 Å². The number of likely N-dealkylation sites (tertiary alicyclic amines) is 1. The van der Waals surface area contributed by atoms with Gasteiger partial charge in [0.1, 0.15) is 5.72 Å². The highest BCUT2D eigenvalue weighted by atomic mass is 35.5. The lowest BCUT2D eigenvalue weighted by Crippen LogP contribution is -2.53. The van der Waals surface area contributed by atoms with E-state index in [9.17, 15) is 0 Å². The van der Waals surface area contributed by atoms with Gasteiger partial charge in [-0.15, -0.1) is 12.4 Å². The zero-order valence-corrected chi connectivity index (χ0v) is 12.2. The highest BCUT2D eigenvalue weighted by molar-refractivity contribution is 5.85. The molecule has 0 aromatic rings. The lowest BCUT2D eigenvalue weighted by Gasteiger charge is -2.39. The highest BCUT2D eigenvalue weighted by Gasteiger charge is 2.34. The summed E-state index contributed by atoms with van der Waals surface area (Å²) >= 11 is 0. The Morgan fingerprint density at radius 3 is 2.76 bits per heavy atom. The van der Waals surface area contributed by atoms with Crippen molar-refractivity contribution in [1.82, 2.24) is 10.2 Å². The number of hydrogen-bond acceptors (Lipinski definition) is 3. The van der Waals surface area contributed by atoms with Gasteiger partial charge in [-0.25, -0.2) is 0 Å². The number of halogens is 1. The third kappa shape index (κ3) is 4.09. The van der Waals surface area contributed by atoms with E-state index in [1.54, 1.807) is 0 Å². The lowest BCUT2D eigenvalue weighted by molar-refractivity contribution is -0.112. The lowest BCUT2D eigenvalue weighted by atomic mass is 9.95. The molecule has 0 spiro atoms. The van der Waals surface area contributed by atoms with Crippen LogP contribution < -0.4 is 5.32 Å². The average molecular weight is 263 g/mol. The van der Waals surface area contributed by atoms with Crippen LogP contribution in [-0.4, -0.2) is 43.4 Å². The van der Waals surface area contributed by atoms with Crippen LogP contribution in [0.2, 0.25) is 0 Å². The Morgan fingerprint density at radius 2 is 2.24 bits per heavy atom. The summed E-state index contributed by atoms with van der Waals surface area (Å²) < 4.78 is 5.98. The maximum Gasteiger partial charge on any atom is 0.116 e. The van der Waals surface area contributed by atoms with E-state index in [2.05, 4.69) is 31.0 Å². The Morgan fingerprint density at radius 1 is 1.47 bits per heavy atom. The van der Waals surface area contributed by atoms with Crippen LogP contribution in [0.25, 0.3) is 0 Å². The summed E-state index contributed by atoms with van der Waals surface area (Å²) in [5.74, 6) is 1.47. The fourth-order valence-corrected chi connectivity index (χ4v) is 2.87. The minimum atomic E-state index is -0.0685. The minimum absolute atomic E-state index is 0. The summed E-state index contributed by atoms with van der Waals surface area (Å²) in [6.45, 7) is 12.4. The maximum absolute atomic E-state index is 5.98. The Hall–Kier alpha value is 0.170. The van der Waals surface area contributed by atoms with Crippen molar-refractivity contribution in [2.45, 2.75) is 39.3 Å². The van der Waals surface area contributed by atoms with Gasteiger partial charge in [0, 0.05) is 13.1 Å². The Labute approximate surface area is 112 Å². The molecule has 2 rings (SSSR count). The molecule has 3 nitrogen and oxygen atoms in total. The molecule has 3 unspecified atom stereocenters. The van der Waals surface area contributed by atoms with Gasteiger partial charge < -0.3 is 9.64 Å². The molecule has 0 amide bonds. The quantitative estimate of drug-likeness (QED) is 0.843. The first-order valence-electron chi connectivity index (χ1n) is 6.72.